The number of esters is 1. The zero-order chi connectivity index (χ0) is 13.0. The zero-order valence-electron chi connectivity index (χ0n) is 9.24. The van der Waals surface area contributed by atoms with Gasteiger partial charge in [0.15, 0.2) is 0 Å². The Morgan fingerprint density at radius 1 is 1.29 bits per heavy atom. The Bertz CT molecular complexity index is 484. The lowest BCUT2D eigenvalue weighted by Gasteiger charge is -2.10. The number of halogens is 1. The number of methoxy groups -OCH3 is 1. The quantitative estimate of drug-likeness (QED) is 0.660. The Hall–Kier alpha value is -1.88. The first kappa shape index (κ1) is 13.2. The first-order valence-electron chi connectivity index (χ1n) is 4.66. The van der Waals surface area contributed by atoms with Crippen LogP contribution in [0.3, 0.4) is 0 Å². The van der Waals surface area contributed by atoms with Crippen molar-refractivity contribution in [3.8, 4) is 0 Å². The molecular weight excluding hydrogens is 246 g/mol. The molecule has 5 nitrogen and oxygen atoms in total. The van der Waals surface area contributed by atoms with Gasteiger partial charge in [-0.2, -0.15) is 0 Å². The van der Waals surface area contributed by atoms with E-state index >= 15 is 0 Å². The average Bonchev–Trinajstić information content (AvgIpc) is 2.26. The lowest BCUT2D eigenvalue weighted by molar-refractivity contribution is -0.114. The molecule has 0 bridgehead atoms. The number of ether oxygens (including phenoxy) is 1. The minimum atomic E-state index is -0.838. The monoisotopic (exact) mass is 255 g/mol. The van der Waals surface area contributed by atoms with Crippen LogP contribution >= 0.6 is 11.6 Å². The van der Waals surface area contributed by atoms with Crippen molar-refractivity contribution in [3.05, 3.63) is 29.3 Å². The lowest BCUT2D eigenvalue weighted by atomic mass is 10.1. The number of hydrogen-bond donors (Lipinski definition) is 1. The summed E-state index contributed by atoms with van der Waals surface area (Å²) in [5.41, 5.74) is 0.121. The molecule has 0 atom stereocenters. The third-order valence-corrected chi connectivity index (χ3v) is 2.17. The van der Waals surface area contributed by atoms with Gasteiger partial charge in [-0.25, -0.2) is 4.79 Å². The Morgan fingerprint density at radius 2 is 1.94 bits per heavy atom. The maximum Gasteiger partial charge on any atom is 0.338 e. The minimum Gasteiger partial charge on any atom is -0.465 e. The first-order chi connectivity index (χ1) is 7.97. The standard InChI is InChI=1S/C11H10ClNO4/c1-6(14)13-8-5-3-4-7(11(16)17-2)9(8)10(12)15/h3-5H,1-2H3,(H,13,14). The Balaban J connectivity index is 3.36. The molecule has 0 fully saturated rings. The Morgan fingerprint density at radius 3 is 2.41 bits per heavy atom. The Labute approximate surface area is 103 Å². The van der Waals surface area contributed by atoms with Crippen molar-refractivity contribution in [2.75, 3.05) is 12.4 Å². The molecule has 0 heterocycles. The summed E-state index contributed by atoms with van der Waals surface area (Å²) in [4.78, 5) is 33.7. The largest absolute Gasteiger partial charge is 0.465 e. The molecule has 90 valence electrons. The number of hydrogen-bond acceptors (Lipinski definition) is 4. The van der Waals surface area contributed by atoms with Crippen molar-refractivity contribution in [1.82, 2.24) is 0 Å². The number of rotatable bonds is 3. The van der Waals surface area contributed by atoms with Gasteiger partial charge in [0.05, 0.1) is 23.9 Å². The molecule has 17 heavy (non-hydrogen) atoms. The van der Waals surface area contributed by atoms with Gasteiger partial charge in [-0.15, -0.1) is 0 Å². The van der Waals surface area contributed by atoms with E-state index in [0.717, 1.165) is 0 Å². The summed E-state index contributed by atoms with van der Waals surface area (Å²) in [7, 11) is 1.19. The minimum absolute atomic E-state index is 0.0127. The highest BCUT2D eigenvalue weighted by atomic mass is 35.5. The van der Waals surface area contributed by atoms with Gasteiger partial charge in [-0.1, -0.05) is 6.07 Å². The summed E-state index contributed by atoms with van der Waals surface area (Å²) < 4.78 is 4.52. The van der Waals surface area contributed by atoms with Gasteiger partial charge in [-0.05, 0) is 23.7 Å². The van der Waals surface area contributed by atoms with Gasteiger partial charge in [0, 0.05) is 6.92 Å². The number of nitrogens with one attached hydrogen (secondary N) is 1. The first-order valence-corrected chi connectivity index (χ1v) is 5.04. The number of benzene rings is 1. The number of anilines is 1. The van der Waals surface area contributed by atoms with Crippen LogP contribution in [0.2, 0.25) is 0 Å². The van der Waals surface area contributed by atoms with E-state index in [2.05, 4.69) is 10.1 Å². The van der Waals surface area contributed by atoms with Crippen LogP contribution in [0.5, 0.6) is 0 Å². The highest BCUT2D eigenvalue weighted by Gasteiger charge is 2.20. The fraction of sp³-hybridized carbons (Fsp3) is 0.182. The summed E-state index contributed by atoms with van der Waals surface area (Å²) >= 11 is 5.40. The molecule has 0 unspecified atom stereocenters. The van der Waals surface area contributed by atoms with Crippen LogP contribution in [0.1, 0.15) is 27.6 Å². The highest BCUT2D eigenvalue weighted by molar-refractivity contribution is 6.68. The maximum atomic E-state index is 11.4. The molecular formula is C11H10ClNO4. The van der Waals surface area contributed by atoms with Crippen LogP contribution in [-0.2, 0) is 9.53 Å². The van der Waals surface area contributed by atoms with Crippen LogP contribution in [0.15, 0.2) is 18.2 Å². The van der Waals surface area contributed by atoms with E-state index in [0.29, 0.717) is 0 Å². The number of carbonyl (C=O) groups is 3. The smallest absolute Gasteiger partial charge is 0.338 e. The van der Waals surface area contributed by atoms with Crippen molar-refractivity contribution >= 4 is 34.4 Å². The zero-order valence-corrected chi connectivity index (χ0v) is 10.00. The van der Waals surface area contributed by atoms with Gasteiger partial charge < -0.3 is 10.1 Å². The second kappa shape index (κ2) is 5.45. The fourth-order valence-electron chi connectivity index (χ4n) is 1.34. The maximum absolute atomic E-state index is 11.4. The predicted molar refractivity (Wildman–Crippen MR) is 62.3 cm³/mol. The van der Waals surface area contributed by atoms with Crippen molar-refractivity contribution < 1.29 is 19.1 Å². The summed E-state index contributed by atoms with van der Waals surface area (Å²) in [5, 5.41) is 1.58. The number of carbonyl (C=O) groups excluding carboxylic acids is 3. The average molecular weight is 256 g/mol. The molecule has 1 aromatic carbocycles. The van der Waals surface area contributed by atoms with E-state index in [1.165, 1.54) is 32.2 Å². The van der Waals surface area contributed by atoms with E-state index in [9.17, 15) is 14.4 Å². The molecule has 1 N–H and O–H groups in total. The van der Waals surface area contributed by atoms with E-state index < -0.39 is 11.2 Å². The normalized spacial score (nSPS) is 9.59. The van der Waals surface area contributed by atoms with Crippen LogP contribution in [0.25, 0.3) is 0 Å². The van der Waals surface area contributed by atoms with Crippen LogP contribution in [0, 0.1) is 0 Å². The Kier molecular flexibility index (Phi) is 4.23. The summed E-state index contributed by atoms with van der Waals surface area (Å²) in [6.45, 7) is 1.29. The van der Waals surface area contributed by atoms with Gasteiger partial charge in [0.25, 0.3) is 5.24 Å². The molecule has 0 saturated heterocycles. The number of amides is 1. The molecule has 0 aliphatic heterocycles. The molecule has 0 aliphatic rings. The fourth-order valence-corrected chi connectivity index (χ4v) is 1.54. The van der Waals surface area contributed by atoms with Gasteiger partial charge in [0.1, 0.15) is 0 Å². The molecule has 0 radical (unpaired) electrons. The highest BCUT2D eigenvalue weighted by Crippen LogP contribution is 2.23. The third-order valence-electron chi connectivity index (χ3n) is 1.98. The van der Waals surface area contributed by atoms with Gasteiger partial charge in [0.2, 0.25) is 5.91 Å². The van der Waals surface area contributed by atoms with E-state index in [1.807, 2.05) is 0 Å². The van der Waals surface area contributed by atoms with Crippen molar-refractivity contribution in [3.63, 3.8) is 0 Å². The molecule has 0 spiro atoms. The second-order valence-corrected chi connectivity index (χ2v) is 3.52. The van der Waals surface area contributed by atoms with Crippen LogP contribution < -0.4 is 5.32 Å². The lowest BCUT2D eigenvalue weighted by Crippen LogP contribution is -2.14. The predicted octanol–water partition coefficient (Wildman–Crippen LogP) is 1.81. The third kappa shape index (κ3) is 3.04. The van der Waals surface area contributed by atoms with Crippen molar-refractivity contribution in [2.24, 2.45) is 0 Å². The molecule has 0 aliphatic carbocycles. The van der Waals surface area contributed by atoms with Gasteiger partial charge in [-0.3, -0.25) is 9.59 Å². The second-order valence-electron chi connectivity index (χ2n) is 3.17. The van der Waals surface area contributed by atoms with Crippen molar-refractivity contribution in [1.29, 1.82) is 0 Å². The van der Waals surface area contributed by atoms with Crippen LogP contribution in [-0.4, -0.2) is 24.2 Å². The molecule has 0 saturated carbocycles. The van der Waals surface area contributed by atoms with Crippen molar-refractivity contribution in [2.45, 2.75) is 6.92 Å². The van der Waals surface area contributed by atoms with E-state index in [4.69, 9.17) is 11.6 Å². The van der Waals surface area contributed by atoms with E-state index in [-0.39, 0.29) is 22.7 Å². The molecule has 1 rings (SSSR count). The summed E-state index contributed by atoms with van der Waals surface area (Å²) in [5.74, 6) is -1.06. The molecule has 0 aromatic heterocycles. The summed E-state index contributed by atoms with van der Waals surface area (Å²) in [6.07, 6.45) is 0. The molecule has 6 heteroatoms. The topological polar surface area (TPSA) is 72.5 Å². The van der Waals surface area contributed by atoms with E-state index in [1.54, 1.807) is 0 Å². The molecule has 1 amide bonds. The summed E-state index contributed by atoms with van der Waals surface area (Å²) in [6, 6.07) is 4.39. The van der Waals surface area contributed by atoms with Gasteiger partial charge >= 0.3 is 5.97 Å². The van der Waals surface area contributed by atoms with Crippen LogP contribution in [0.4, 0.5) is 5.69 Å². The molecule has 1 aromatic rings. The SMILES string of the molecule is COC(=O)c1cccc(NC(C)=O)c1C(=O)Cl.